The molecule has 26 heavy (non-hydrogen) atoms. The Kier molecular flexibility index (Phi) is 4.66. The minimum absolute atomic E-state index is 0.270. The largest absolute Gasteiger partial charge is 0.418 e. The molecule has 1 fully saturated rings. The average Bonchev–Trinajstić information content (AvgIpc) is 3.38. The summed E-state index contributed by atoms with van der Waals surface area (Å²) in [6.07, 6.45) is -4.06. The zero-order valence-corrected chi connectivity index (χ0v) is 14.1. The van der Waals surface area contributed by atoms with E-state index in [-0.39, 0.29) is 18.5 Å². The molecule has 136 valence electrons. The summed E-state index contributed by atoms with van der Waals surface area (Å²) in [5.41, 5.74) is -2.23. The highest BCUT2D eigenvalue weighted by Gasteiger charge is 2.56. The van der Waals surface area contributed by atoms with Crippen molar-refractivity contribution in [2.75, 3.05) is 10.6 Å². The van der Waals surface area contributed by atoms with Crippen LogP contribution in [0.2, 0.25) is 5.02 Å². The molecule has 3 rings (SSSR count). The molecule has 1 saturated carbocycles. The highest BCUT2D eigenvalue weighted by Crippen LogP contribution is 2.48. The van der Waals surface area contributed by atoms with E-state index >= 15 is 0 Å². The number of halogens is 4. The van der Waals surface area contributed by atoms with Gasteiger partial charge in [0.15, 0.2) is 0 Å². The summed E-state index contributed by atoms with van der Waals surface area (Å²) in [7, 11) is 0. The SMILES string of the molecule is O=C(Nc1ccc(Cl)cc1)C1(C(=O)Nc2ccccc2C(F)(F)F)CC1. The van der Waals surface area contributed by atoms with E-state index in [1.54, 1.807) is 24.3 Å². The maximum absolute atomic E-state index is 13.0. The van der Waals surface area contributed by atoms with E-state index in [9.17, 15) is 22.8 Å². The van der Waals surface area contributed by atoms with Gasteiger partial charge in [-0.1, -0.05) is 23.7 Å². The Hall–Kier alpha value is -2.54. The van der Waals surface area contributed by atoms with Crippen LogP contribution in [-0.4, -0.2) is 11.8 Å². The van der Waals surface area contributed by atoms with Crippen molar-refractivity contribution in [3.8, 4) is 0 Å². The van der Waals surface area contributed by atoms with Crippen LogP contribution in [0.25, 0.3) is 0 Å². The van der Waals surface area contributed by atoms with E-state index in [1.165, 1.54) is 12.1 Å². The van der Waals surface area contributed by atoms with Gasteiger partial charge in [-0.25, -0.2) is 0 Å². The summed E-state index contributed by atoms with van der Waals surface area (Å²) in [5.74, 6) is -1.30. The summed E-state index contributed by atoms with van der Waals surface area (Å²) in [6.45, 7) is 0. The lowest BCUT2D eigenvalue weighted by Crippen LogP contribution is -2.36. The van der Waals surface area contributed by atoms with Gasteiger partial charge >= 0.3 is 6.18 Å². The van der Waals surface area contributed by atoms with Gasteiger partial charge in [-0.2, -0.15) is 13.2 Å². The Morgan fingerprint density at radius 3 is 2.08 bits per heavy atom. The molecule has 0 aliphatic heterocycles. The van der Waals surface area contributed by atoms with Crippen LogP contribution in [0.15, 0.2) is 48.5 Å². The smallest absolute Gasteiger partial charge is 0.325 e. The van der Waals surface area contributed by atoms with E-state index in [2.05, 4.69) is 10.6 Å². The van der Waals surface area contributed by atoms with Crippen LogP contribution < -0.4 is 10.6 Å². The highest BCUT2D eigenvalue weighted by molar-refractivity contribution is 6.30. The van der Waals surface area contributed by atoms with E-state index in [1.807, 2.05) is 0 Å². The second-order valence-electron chi connectivity index (χ2n) is 6.04. The van der Waals surface area contributed by atoms with Gasteiger partial charge in [0.25, 0.3) is 0 Å². The molecule has 4 nitrogen and oxygen atoms in total. The van der Waals surface area contributed by atoms with Crippen LogP contribution in [0.5, 0.6) is 0 Å². The molecular formula is C18H14ClF3N2O2. The van der Waals surface area contributed by atoms with Crippen molar-refractivity contribution in [1.29, 1.82) is 0 Å². The van der Waals surface area contributed by atoms with Gasteiger partial charge in [-0.3, -0.25) is 9.59 Å². The van der Waals surface area contributed by atoms with Crippen LogP contribution in [0, 0.1) is 5.41 Å². The van der Waals surface area contributed by atoms with Crippen molar-refractivity contribution in [3.63, 3.8) is 0 Å². The maximum Gasteiger partial charge on any atom is 0.418 e. The maximum atomic E-state index is 13.0. The average molecular weight is 383 g/mol. The fraction of sp³-hybridized carbons (Fsp3) is 0.222. The summed E-state index contributed by atoms with van der Waals surface area (Å²) in [5, 5.41) is 5.35. The Bertz CT molecular complexity index is 846. The number of alkyl halides is 3. The van der Waals surface area contributed by atoms with E-state index in [4.69, 9.17) is 11.6 Å². The van der Waals surface area contributed by atoms with E-state index in [0.717, 1.165) is 12.1 Å². The van der Waals surface area contributed by atoms with Gasteiger partial charge in [0.1, 0.15) is 5.41 Å². The van der Waals surface area contributed by atoms with Crippen molar-refractivity contribution in [3.05, 3.63) is 59.1 Å². The lowest BCUT2D eigenvalue weighted by molar-refractivity contribution is -0.137. The van der Waals surface area contributed by atoms with Crippen molar-refractivity contribution in [2.45, 2.75) is 19.0 Å². The Labute approximate surface area is 152 Å². The molecule has 2 aromatic carbocycles. The predicted molar refractivity (Wildman–Crippen MR) is 91.8 cm³/mol. The van der Waals surface area contributed by atoms with Crippen molar-refractivity contribution in [2.24, 2.45) is 5.41 Å². The molecule has 2 aromatic rings. The molecule has 2 amide bonds. The molecule has 0 radical (unpaired) electrons. The molecule has 0 atom stereocenters. The minimum atomic E-state index is -4.61. The number of hydrogen-bond acceptors (Lipinski definition) is 2. The predicted octanol–water partition coefficient (Wildman–Crippen LogP) is 4.72. The van der Waals surface area contributed by atoms with Gasteiger partial charge < -0.3 is 10.6 Å². The molecule has 0 spiro atoms. The number of carbonyl (C=O) groups excluding carboxylic acids is 2. The van der Waals surface area contributed by atoms with Gasteiger partial charge in [0.2, 0.25) is 11.8 Å². The third-order valence-electron chi connectivity index (χ3n) is 4.20. The number of para-hydroxylation sites is 1. The number of carbonyl (C=O) groups is 2. The molecule has 1 aliphatic carbocycles. The first-order valence-electron chi connectivity index (χ1n) is 7.77. The minimum Gasteiger partial charge on any atom is -0.325 e. The first-order chi connectivity index (χ1) is 12.2. The van der Waals surface area contributed by atoms with E-state index < -0.39 is 29.0 Å². The van der Waals surface area contributed by atoms with Gasteiger partial charge in [-0.15, -0.1) is 0 Å². The van der Waals surface area contributed by atoms with Gasteiger partial charge in [0.05, 0.1) is 11.3 Å². The summed E-state index contributed by atoms with van der Waals surface area (Å²) < 4.78 is 39.1. The standard InChI is InChI=1S/C18H14ClF3N2O2/c19-11-5-7-12(8-6-11)23-15(25)17(9-10-17)16(26)24-14-4-2-1-3-13(14)18(20,21)22/h1-8H,9-10H2,(H,23,25)(H,24,26). The molecule has 0 heterocycles. The number of hydrogen-bond donors (Lipinski definition) is 2. The van der Waals surface area contributed by atoms with Crippen LogP contribution in [0.4, 0.5) is 24.5 Å². The third-order valence-corrected chi connectivity index (χ3v) is 4.45. The summed E-state index contributed by atoms with van der Waals surface area (Å²) in [4.78, 5) is 25.0. The zero-order valence-electron chi connectivity index (χ0n) is 13.4. The molecule has 0 unspecified atom stereocenters. The summed E-state index contributed by atoms with van der Waals surface area (Å²) in [6, 6.07) is 11.0. The zero-order chi connectivity index (χ0) is 18.9. The lowest BCUT2D eigenvalue weighted by Gasteiger charge is -2.18. The van der Waals surface area contributed by atoms with Gasteiger partial charge in [0, 0.05) is 10.7 Å². The quantitative estimate of drug-likeness (QED) is 0.752. The highest BCUT2D eigenvalue weighted by atomic mass is 35.5. The fourth-order valence-corrected chi connectivity index (χ4v) is 2.67. The van der Waals surface area contributed by atoms with Crippen LogP contribution in [-0.2, 0) is 15.8 Å². The Morgan fingerprint density at radius 1 is 0.923 bits per heavy atom. The molecule has 1 aliphatic rings. The summed E-state index contributed by atoms with van der Waals surface area (Å²) >= 11 is 5.77. The number of amides is 2. The second-order valence-corrected chi connectivity index (χ2v) is 6.48. The molecule has 0 saturated heterocycles. The topological polar surface area (TPSA) is 58.2 Å². The number of anilines is 2. The number of rotatable bonds is 4. The Morgan fingerprint density at radius 2 is 1.50 bits per heavy atom. The van der Waals surface area contributed by atoms with Crippen molar-refractivity contribution >= 4 is 34.8 Å². The normalized spacial score (nSPS) is 15.2. The van der Waals surface area contributed by atoms with Crippen LogP contribution in [0.3, 0.4) is 0 Å². The molecule has 0 aromatic heterocycles. The van der Waals surface area contributed by atoms with E-state index in [0.29, 0.717) is 10.7 Å². The van der Waals surface area contributed by atoms with Crippen molar-refractivity contribution < 1.29 is 22.8 Å². The van der Waals surface area contributed by atoms with Gasteiger partial charge in [-0.05, 0) is 49.2 Å². The number of nitrogens with one attached hydrogen (secondary N) is 2. The van der Waals surface area contributed by atoms with Crippen LogP contribution >= 0.6 is 11.6 Å². The Balaban J connectivity index is 1.76. The monoisotopic (exact) mass is 382 g/mol. The molecule has 2 N–H and O–H groups in total. The first-order valence-corrected chi connectivity index (χ1v) is 8.15. The molecular weight excluding hydrogens is 369 g/mol. The van der Waals surface area contributed by atoms with Crippen LogP contribution in [0.1, 0.15) is 18.4 Å². The third kappa shape index (κ3) is 3.67. The first kappa shape index (κ1) is 18.3. The molecule has 8 heteroatoms. The van der Waals surface area contributed by atoms with Crippen molar-refractivity contribution in [1.82, 2.24) is 0 Å². The fourth-order valence-electron chi connectivity index (χ4n) is 2.55. The second kappa shape index (κ2) is 6.64. The lowest BCUT2D eigenvalue weighted by atomic mass is 10.0. The molecule has 0 bridgehead atoms. The number of benzene rings is 2.